The van der Waals surface area contributed by atoms with Crippen molar-refractivity contribution in [3.8, 4) is 33.5 Å². The minimum Gasteiger partial charge on any atom is -0.247 e. The molecule has 0 spiro atoms. The molecule has 0 bridgehead atoms. The molecule has 0 unspecified atom stereocenters. The number of hydrogen-bond acceptors (Lipinski definition) is 2. The average Bonchev–Trinajstić information content (AvgIpc) is 3.42. The molecule has 2 aromatic heterocycles. The monoisotopic (exact) mass is 648 g/mol. The van der Waals surface area contributed by atoms with Crippen molar-refractivity contribution in [3.05, 3.63) is 169 Å². The van der Waals surface area contributed by atoms with Gasteiger partial charge in [-0.25, -0.2) is 9.97 Å². The van der Waals surface area contributed by atoms with Crippen molar-refractivity contribution in [2.24, 2.45) is 0 Å². The van der Waals surface area contributed by atoms with Crippen LogP contribution in [0.5, 0.6) is 0 Å². The lowest BCUT2D eigenvalue weighted by Crippen LogP contribution is -2.14. The van der Waals surface area contributed by atoms with Crippen molar-refractivity contribution >= 4 is 65.0 Å². The summed E-state index contributed by atoms with van der Waals surface area (Å²) in [4.78, 5) is 10.7. The third-order valence-electron chi connectivity index (χ3n) is 11.4. The maximum Gasteiger partial charge on any atom is 0.0794 e. The van der Waals surface area contributed by atoms with E-state index in [0.29, 0.717) is 0 Å². The molecule has 0 saturated heterocycles. The van der Waals surface area contributed by atoms with Gasteiger partial charge in [0.1, 0.15) is 0 Å². The minimum atomic E-state index is -0.0704. The van der Waals surface area contributed by atoms with Gasteiger partial charge in [-0.05, 0) is 44.7 Å². The second kappa shape index (κ2) is 10.3. The van der Waals surface area contributed by atoms with Crippen molar-refractivity contribution in [3.63, 3.8) is 0 Å². The zero-order valence-corrected chi connectivity index (χ0v) is 28.4. The molecule has 0 fully saturated rings. The first-order chi connectivity index (χ1) is 25.1. The van der Waals surface area contributed by atoms with Crippen LogP contribution in [0.4, 0.5) is 0 Å². The van der Waals surface area contributed by atoms with Gasteiger partial charge in [-0.15, -0.1) is 0 Å². The smallest absolute Gasteiger partial charge is 0.0794 e. The van der Waals surface area contributed by atoms with E-state index >= 15 is 0 Å². The molecule has 1 aliphatic carbocycles. The third kappa shape index (κ3) is 3.93. The SMILES string of the molecule is CC1(C)c2ccccc2-c2c1ccc1c(-c3ccc(-c4c5ccc6ccccc6c5nc5c4ccc4ccccc45)cc3)nc3ccccc3c21. The highest BCUT2D eigenvalue weighted by Gasteiger charge is 2.36. The average molecular weight is 649 g/mol. The maximum absolute atomic E-state index is 5.39. The summed E-state index contributed by atoms with van der Waals surface area (Å²) in [6, 6.07) is 57.4. The predicted molar refractivity (Wildman–Crippen MR) is 216 cm³/mol. The Kier molecular flexibility index (Phi) is 5.76. The summed E-state index contributed by atoms with van der Waals surface area (Å²) in [6.07, 6.45) is 0. The van der Waals surface area contributed by atoms with Crippen molar-refractivity contribution in [2.75, 3.05) is 0 Å². The summed E-state index contributed by atoms with van der Waals surface area (Å²) in [5.41, 5.74) is 13.0. The Labute approximate surface area is 295 Å². The fraction of sp³-hybridized carbons (Fsp3) is 0.0612. The summed E-state index contributed by atoms with van der Waals surface area (Å²) < 4.78 is 0. The van der Waals surface area contributed by atoms with Crippen LogP contribution in [0.1, 0.15) is 25.0 Å². The standard InChI is InChI=1S/C49H32N2/c1-49(2)40-17-9-7-15-35(40)45-41(49)28-27-39-44(45)36-16-8-10-18-42(36)50-46(39)32-21-19-31(20-22-32)43-37-25-23-29-11-3-5-13-33(29)47(37)51-48-34-14-6-4-12-30(34)24-26-38(43)48/h3-28H,1-2H3. The van der Waals surface area contributed by atoms with Gasteiger partial charge in [-0.3, -0.25) is 0 Å². The number of benzene rings is 8. The van der Waals surface area contributed by atoms with E-state index in [1.54, 1.807) is 0 Å². The van der Waals surface area contributed by atoms with Crippen LogP contribution in [0.2, 0.25) is 0 Å². The topological polar surface area (TPSA) is 25.8 Å². The fourth-order valence-electron chi connectivity index (χ4n) is 8.97. The first-order valence-corrected chi connectivity index (χ1v) is 17.8. The van der Waals surface area contributed by atoms with E-state index in [9.17, 15) is 0 Å². The second-order valence-corrected chi connectivity index (χ2v) is 14.5. The Hall–Kier alpha value is -6.38. The normalized spacial score (nSPS) is 13.5. The first kappa shape index (κ1) is 28.5. The van der Waals surface area contributed by atoms with E-state index in [0.717, 1.165) is 38.6 Å². The molecule has 0 radical (unpaired) electrons. The zero-order chi connectivity index (χ0) is 33.8. The van der Waals surface area contributed by atoms with Crippen molar-refractivity contribution in [1.82, 2.24) is 9.97 Å². The molecule has 8 aromatic carbocycles. The number of rotatable bonds is 2. The second-order valence-electron chi connectivity index (χ2n) is 14.5. The molecule has 2 nitrogen and oxygen atoms in total. The molecular weight excluding hydrogens is 617 g/mol. The van der Waals surface area contributed by atoms with E-state index < -0.39 is 0 Å². The Morgan fingerprint density at radius 2 is 0.961 bits per heavy atom. The van der Waals surface area contributed by atoms with Crippen LogP contribution in [0.25, 0.3) is 98.5 Å². The van der Waals surface area contributed by atoms with E-state index in [4.69, 9.17) is 9.97 Å². The third-order valence-corrected chi connectivity index (χ3v) is 11.4. The molecule has 0 saturated carbocycles. The minimum absolute atomic E-state index is 0.0704. The van der Waals surface area contributed by atoms with Gasteiger partial charge in [0.15, 0.2) is 0 Å². The molecule has 1 aliphatic rings. The molecule has 0 amide bonds. The predicted octanol–water partition coefficient (Wildman–Crippen LogP) is 13.0. The van der Waals surface area contributed by atoms with Crippen LogP contribution in [0.15, 0.2) is 158 Å². The summed E-state index contributed by atoms with van der Waals surface area (Å²) in [5.74, 6) is 0. The molecular formula is C49H32N2. The van der Waals surface area contributed by atoms with E-state index in [2.05, 4.69) is 172 Å². The zero-order valence-electron chi connectivity index (χ0n) is 28.4. The van der Waals surface area contributed by atoms with Crippen LogP contribution in [-0.2, 0) is 5.41 Å². The first-order valence-electron chi connectivity index (χ1n) is 17.8. The largest absolute Gasteiger partial charge is 0.247 e. The highest BCUT2D eigenvalue weighted by molar-refractivity contribution is 6.22. The lowest BCUT2D eigenvalue weighted by molar-refractivity contribution is 0.661. The molecule has 10 aromatic rings. The summed E-state index contributed by atoms with van der Waals surface area (Å²) in [6.45, 7) is 4.70. The molecule has 238 valence electrons. The summed E-state index contributed by atoms with van der Waals surface area (Å²) >= 11 is 0. The number of nitrogens with zero attached hydrogens (tertiary/aromatic N) is 2. The quantitative estimate of drug-likeness (QED) is 0.138. The van der Waals surface area contributed by atoms with Crippen molar-refractivity contribution in [1.29, 1.82) is 0 Å². The van der Waals surface area contributed by atoms with Crippen molar-refractivity contribution in [2.45, 2.75) is 19.3 Å². The van der Waals surface area contributed by atoms with Gasteiger partial charge in [0, 0.05) is 54.2 Å². The van der Waals surface area contributed by atoms with E-state index in [-0.39, 0.29) is 5.41 Å². The van der Waals surface area contributed by atoms with Gasteiger partial charge in [0.05, 0.1) is 22.2 Å². The number of hydrogen-bond donors (Lipinski definition) is 0. The lowest BCUT2D eigenvalue weighted by Gasteiger charge is -2.22. The maximum atomic E-state index is 5.39. The number of fused-ring (bicyclic) bond motifs is 13. The molecule has 2 heterocycles. The van der Waals surface area contributed by atoms with Crippen LogP contribution < -0.4 is 0 Å². The molecule has 0 N–H and O–H groups in total. The van der Waals surface area contributed by atoms with Gasteiger partial charge < -0.3 is 0 Å². The van der Waals surface area contributed by atoms with Crippen LogP contribution in [0, 0.1) is 0 Å². The Morgan fingerprint density at radius 3 is 1.67 bits per heavy atom. The van der Waals surface area contributed by atoms with Gasteiger partial charge in [-0.1, -0.05) is 166 Å². The highest BCUT2D eigenvalue weighted by atomic mass is 14.7. The summed E-state index contributed by atoms with van der Waals surface area (Å²) in [7, 11) is 0. The molecule has 11 rings (SSSR count). The Morgan fingerprint density at radius 1 is 0.392 bits per heavy atom. The van der Waals surface area contributed by atoms with E-state index in [1.165, 1.54) is 71.1 Å². The van der Waals surface area contributed by atoms with Crippen LogP contribution >= 0.6 is 0 Å². The number of para-hydroxylation sites is 1. The van der Waals surface area contributed by atoms with Crippen molar-refractivity contribution < 1.29 is 0 Å². The van der Waals surface area contributed by atoms with Crippen LogP contribution in [0.3, 0.4) is 0 Å². The molecule has 0 aliphatic heterocycles. The van der Waals surface area contributed by atoms with E-state index in [1.807, 2.05) is 0 Å². The molecule has 2 heteroatoms. The highest BCUT2D eigenvalue weighted by Crippen LogP contribution is 2.53. The number of aromatic nitrogens is 2. The van der Waals surface area contributed by atoms with Crippen LogP contribution in [-0.4, -0.2) is 9.97 Å². The molecule has 51 heavy (non-hydrogen) atoms. The van der Waals surface area contributed by atoms with Gasteiger partial charge in [-0.2, -0.15) is 0 Å². The van der Waals surface area contributed by atoms with Gasteiger partial charge >= 0.3 is 0 Å². The molecule has 0 atom stereocenters. The number of pyridine rings is 2. The Balaban J connectivity index is 1.17. The van der Waals surface area contributed by atoms with Gasteiger partial charge in [0.2, 0.25) is 0 Å². The lowest BCUT2D eigenvalue weighted by atomic mass is 9.81. The fourth-order valence-corrected chi connectivity index (χ4v) is 8.97. The summed E-state index contributed by atoms with van der Waals surface area (Å²) in [5, 5.41) is 10.7. The Bertz CT molecular complexity index is 3000. The van der Waals surface area contributed by atoms with Gasteiger partial charge in [0.25, 0.3) is 0 Å².